The zero-order chi connectivity index (χ0) is 53.9. The number of carboxylic acid groups (broad SMARTS) is 3. The summed E-state index contributed by atoms with van der Waals surface area (Å²) in [4.78, 5) is 58.3. The summed E-state index contributed by atoms with van der Waals surface area (Å²) in [5.41, 5.74) is 3.80. The molecule has 4 heterocycles. The first-order chi connectivity index (χ1) is 36.1. The average Bonchev–Trinajstić information content (AvgIpc) is 3.51. The highest BCUT2D eigenvalue weighted by Gasteiger charge is 2.26. The summed E-state index contributed by atoms with van der Waals surface area (Å²) in [5.74, 6) is 0.135. The molecule has 0 spiro atoms. The molecule has 1 aliphatic rings. The Balaban J connectivity index is 1.29. The van der Waals surface area contributed by atoms with Crippen LogP contribution in [-0.2, 0) is 19.6 Å². The molecule has 3 N–H and O–H groups in total. The first-order valence-electron chi connectivity index (χ1n) is 23.5. The van der Waals surface area contributed by atoms with Crippen molar-refractivity contribution < 1.29 is 72.3 Å². The van der Waals surface area contributed by atoms with Crippen LogP contribution in [0.3, 0.4) is 0 Å². The Morgan fingerprint density at radius 3 is 0.747 bits per heavy atom. The zero-order valence-electron chi connectivity index (χ0n) is 43.2. The summed E-state index contributed by atoms with van der Waals surface area (Å²) in [5, 5.41) is 31.1. The number of methoxy groups -OCH3 is 9. The lowest BCUT2D eigenvalue weighted by atomic mass is 10.0. The molecule has 0 bridgehead atoms. The summed E-state index contributed by atoms with van der Waals surface area (Å²) >= 11 is 0. The molecule has 1 fully saturated rings. The fraction of sp³-hybridized carbons (Fsp3) is 0.333. The van der Waals surface area contributed by atoms with Crippen molar-refractivity contribution in [2.24, 2.45) is 0 Å². The highest BCUT2D eigenvalue weighted by atomic mass is 16.5. The lowest BCUT2D eigenvalue weighted by molar-refractivity contribution is 0.0679. The molecule has 0 saturated carbocycles. The molecule has 3 aromatic heterocycles. The molecule has 0 radical (unpaired) electrons. The van der Waals surface area contributed by atoms with Gasteiger partial charge in [-0.2, -0.15) is 0 Å². The monoisotopic (exact) mass is 1030 g/mol. The van der Waals surface area contributed by atoms with E-state index >= 15 is 0 Å². The lowest BCUT2D eigenvalue weighted by Crippen LogP contribution is -2.36. The Hall–Kier alpha value is -8.40. The molecule has 6 aromatic rings. The number of aromatic carboxylic acids is 3. The molecule has 0 aliphatic carbocycles. The summed E-state index contributed by atoms with van der Waals surface area (Å²) in [6, 6.07) is 19.9. The summed E-state index contributed by atoms with van der Waals surface area (Å²) in [7, 11) is 13.6. The normalized spacial score (nSPS) is 13.4. The van der Waals surface area contributed by atoms with E-state index in [1.165, 1.54) is 82.2 Å². The van der Waals surface area contributed by atoms with Gasteiger partial charge in [0.05, 0.1) is 97.8 Å². The molecule has 7 rings (SSSR count). The van der Waals surface area contributed by atoms with Gasteiger partial charge in [-0.15, -0.1) is 0 Å². The van der Waals surface area contributed by atoms with Gasteiger partial charge in [-0.05, 0) is 53.1 Å². The molecular weight excluding hydrogens is 973 g/mol. The van der Waals surface area contributed by atoms with Gasteiger partial charge in [-0.1, -0.05) is 0 Å². The standard InChI is InChI=1S/C54H60N6O15/c1-67-37-22-43(70-4)49(44(23-37)71-5)31-16-34(55-40(19-31)52(61)62)28-58-10-12-59(29-35-17-32(20-41(56-35)53(63)64)50-45(72-6)24-38(68-2)25-46(50)73-7)14-15-60(13-11-58)30-36-18-33(21-42(57-36)54(65)66)51-47(74-8)26-39(69-3)27-48(51)75-9/h16-27H,10-15,28-30H2,1-9H3,(H,61,62)(H,63,64)(H,65,66). The maximum absolute atomic E-state index is 12.7. The van der Waals surface area contributed by atoms with Crippen molar-refractivity contribution in [3.63, 3.8) is 0 Å². The first kappa shape index (κ1) is 54.4. The highest BCUT2D eigenvalue weighted by Crippen LogP contribution is 2.45. The SMILES string of the molecule is COc1cc(OC)c(-c2cc(CN3CCN(Cc4cc(-c5c(OC)cc(OC)cc5OC)cc(C(=O)O)n4)CCN(Cc4cc(-c5c(OC)cc(OC)cc5OC)cc(C(=O)O)n4)CC3)nc(C(=O)O)c2)c(OC)c1. The van der Waals surface area contributed by atoms with Crippen LogP contribution in [-0.4, -0.2) is 166 Å². The fourth-order valence-corrected chi connectivity index (χ4v) is 8.98. The maximum atomic E-state index is 12.7. The van der Waals surface area contributed by atoms with E-state index in [2.05, 4.69) is 29.7 Å². The van der Waals surface area contributed by atoms with Gasteiger partial charge in [0.2, 0.25) is 0 Å². The average molecular weight is 1030 g/mol. The van der Waals surface area contributed by atoms with Crippen LogP contribution in [0.2, 0.25) is 0 Å². The van der Waals surface area contributed by atoms with Crippen molar-refractivity contribution in [2.45, 2.75) is 19.6 Å². The van der Waals surface area contributed by atoms with Crippen LogP contribution < -0.4 is 42.6 Å². The van der Waals surface area contributed by atoms with Crippen LogP contribution >= 0.6 is 0 Å². The summed E-state index contributed by atoms with van der Waals surface area (Å²) < 4.78 is 50.9. The second-order valence-corrected chi connectivity index (χ2v) is 17.2. The molecule has 75 heavy (non-hydrogen) atoms. The third kappa shape index (κ3) is 12.7. The number of ether oxygens (including phenoxy) is 9. The highest BCUT2D eigenvalue weighted by molar-refractivity contribution is 5.91. The number of hydrogen-bond donors (Lipinski definition) is 3. The molecule has 1 saturated heterocycles. The van der Waals surface area contributed by atoms with E-state index in [4.69, 9.17) is 42.6 Å². The van der Waals surface area contributed by atoms with Gasteiger partial charge >= 0.3 is 17.9 Å². The predicted octanol–water partition coefficient (Wildman–Crippen LogP) is 6.86. The lowest BCUT2D eigenvalue weighted by Gasteiger charge is -2.26. The molecule has 396 valence electrons. The zero-order valence-corrected chi connectivity index (χ0v) is 43.2. The first-order valence-corrected chi connectivity index (χ1v) is 23.5. The van der Waals surface area contributed by atoms with E-state index in [1.54, 1.807) is 54.6 Å². The van der Waals surface area contributed by atoms with Gasteiger partial charge in [0.1, 0.15) is 68.8 Å². The van der Waals surface area contributed by atoms with Crippen LogP contribution in [0.4, 0.5) is 0 Å². The molecule has 21 nitrogen and oxygen atoms in total. The minimum Gasteiger partial charge on any atom is -0.496 e. The second-order valence-electron chi connectivity index (χ2n) is 17.2. The minimum atomic E-state index is -1.23. The van der Waals surface area contributed by atoms with Crippen molar-refractivity contribution in [1.82, 2.24) is 29.7 Å². The van der Waals surface area contributed by atoms with Crippen molar-refractivity contribution in [3.05, 3.63) is 107 Å². The molecule has 0 unspecified atom stereocenters. The number of nitrogens with zero attached hydrogens (tertiary/aromatic N) is 6. The van der Waals surface area contributed by atoms with Crippen LogP contribution in [0, 0.1) is 0 Å². The quantitative estimate of drug-likeness (QED) is 0.0666. The molecule has 21 heteroatoms. The van der Waals surface area contributed by atoms with E-state index in [1.807, 2.05) is 0 Å². The number of hydrogen-bond acceptors (Lipinski definition) is 18. The van der Waals surface area contributed by atoms with Gasteiger partial charge in [0.25, 0.3) is 0 Å². The summed E-state index contributed by atoms with van der Waals surface area (Å²) in [6.45, 7) is 3.35. The largest absolute Gasteiger partial charge is 0.496 e. The van der Waals surface area contributed by atoms with Gasteiger partial charge in [-0.3, -0.25) is 14.7 Å². The minimum absolute atomic E-state index is 0.189. The number of aromatic nitrogens is 3. The van der Waals surface area contributed by atoms with E-state index < -0.39 is 17.9 Å². The number of pyridine rings is 3. The van der Waals surface area contributed by atoms with E-state index in [9.17, 15) is 29.7 Å². The van der Waals surface area contributed by atoms with Crippen LogP contribution in [0.5, 0.6) is 51.7 Å². The Morgan fingerprint density at radius 1 is 0.360 bits per heavy atom. The van der Waals surface area contributed by atoms with E-state index in [0.29, 0.717) is 141 Å². The molecule has 3 aromatic carbocycles. The third-order valence-electron chi connectivity index (χ3n) is 12.7. The molecule has 0 amide bonds. The van der Waals surface area contributed by atoms with Crippen molar-refractivity contribution in [3.8, 4) is 85.1 Å². The van der Waals surface area contributed by atoms with Crippen LogP contribution in [0.1, 0.15) is 48.5 Å². The van der Waals surface area contributed by atoms with Crippen LogP contribution in [0.25, 0.3) is 33.4 Å². The van der Waals surface area contributed by atoms with Gasteiger partial charge in [-0.25, -0.2) is 29.3 Å². The predicted molar refractivity (Wildman–Crippen MR) is 275 cm³/mol. The van der Waals surface area contributed by atoms with Crippen LogP contribution in [0.15, 0.2) is 72.8 Å². The fourth-order valence-electron chi connectivity index (χ4n) is 8.98. The maximum Gasteiger partial charge on any atom is 0.354 e. The Morgan fingerprint density at radius 2 is 0.573 bits per heavy atom. The van der Waals surface area contributed by atoms with Gasteiger partial charge in [0, 0.05) is 95.3 Å². The van der Waals surface area contributed by atoms with Crippen molar-refractivity contribution >= 4 is 17.9 Å². The number of benzene rings is 3. The molecule has 0 atom stereocenters. The van der Waals surface area contributed by atoms with Gasteiger partial charge < -0.3 is 58.0 Å². The summed E-state index contributed by atoms with van der Waals surface area (Å²) in [6.07, 6.45) is 0. The number of carboxylic acids is 3. The van der Waals surface area contributed by atoms with Crippen molar-refractivity contribution in [2.75, 3.05) is 103 Å². The van der Waals surface area contributed by atoms with E-state index in [-0.39, 0.29) is 36.7 Å². The Kier molecular flexibility index (Phi) is 17.8. The third-order valence-corrected chi connectivity index (χ3v) is 12.7. The molecular formula is C54H60N6O15. The Labute approximate surface area is 433 Å². The smallest absolute Gasteiger partial charge is 0.354 e. The number of carbonyl (C=O) groups is 3. The topological polar surface area (TPSA) is 243 Å². The van der Waals surface area contributed by atoms with Gasteiger partial charge in [0.15, 0.2) is 0 Å². The van der Waals surface area contributed by atoms with E-state index in [0.717, 1.165) is 0 Å². The Bertz CT molecular complexity index is 2650. The molecule has 1 aliphatic heterocycles. The second kappa shape index (κ2) is 24.5. The van der Waals surface area contributed by atoms with Crippen molar-refractivity contribution in [1.29, 1.82) is 0 Å². The number of rotatable bonds is 21.